The Kier molecular flexibility index (Phi) is 11.2. The van der Waals surface area contributed by atoms with Gasteiger partial charge < -0.3 is 29.9 Å². The van der Waals surface area contributed by atoms with Gasteiger partial charge in [0.1, 0.15) is 17.7 Å². The van der Waals surface area contributed by atoms with Gasteiger partial charge in [-0.1, -0.05) is 49.3 Å². The fourth-order valence-electron chi connectivity index (χ4n) is 4.93. The zero-order valence-electron chi connectivity index (χ0n) is 25.3. The summed E-state index contributed by atoms with van der Waals surface area (Å²) in [6, 6.07) is 9.32. The molecule has 236 valence electrons. The number of hydrogen-bond acceptors (Lipinski definition) is 10. The van der Waals surface area contributed by atoms with Crippen molar-refractivity contribution in [1.82, 2.24) is 26.0 Å². The topological polar surface area (TPSA) is 179 Å². The van der Waals surface area contributed by atoms with E-state index in [4.69, 9.17) is 14.0 Å². The molecule has 13 heteroatoms. The molecular weight excluding hydrogens is 568 g/mol. The largest absolute Gasteiger partial charge is 0.379 e. The van der Waals surface area contributed by atoms with E-state index in [0.29, 0.717) is 31.9 Å². The number of amides is 3. The molecule has 4 rings (SSSR count). The summed E-state index contributed by atoms with van der Waals surface area (Å²) in [4.78, 5) is 55.3. The summed E-state index contributed by atoms with van der Waals surface area (Å²) in [5.41, 5.74) is -0.196. The average molecular weight is 609 g/mol. The summed E-state index contributed by atoms with van der Waals surface area (Å²) < 4.78 is 16.0. The van der Waals surface area contributed by atoms with Gasteiger partial charge in [-0.15, -0.1) is 0 Å². The number of Topliss-reactive ketones (excluding diaryl/α,β-unsaturated/α-hetero) is 1. The van der Waals surface area contributed by atoms with Crippen molar-refractivity contribution >= 4 is 23.5 Å². The first-order valence-electron chi connectivity index (χ1n) is 14.8. The highest BCUT2D eigenvalue weighted by Gasteiger charge is 2.50. The molecule has 2 fully saturated rings. The standard InChI is InChI=1S/C31H40N6O7/c1-20(2)15-24(27(38)31(3)19-43-31)34-29(40)25(16-21-7-5-4-6-8-21)35-28(39)23(9-10-32)33-30(41)26-17-22(44-36-26)18-37-11-13-42-14-12-37/h4-8,17,20,23-25H,9,11-16,18-19H2,1-3H3,(H,33,41)(H,34,40)(H,35,39)/t23?,24?,25-,31?/m0/s1. The Bertz CT molecular complexity index is 1340. The van der Waals surface area contributed by atoms with Crippen molar-refractivity contribution < 1.29 is 33.2 Å². The van der Waals surface area contributed by atoms with Crippen LogP contribution in [0.1, 0.15) is 55.4 Å². The lowest BCUT2D eigenvalue weighted by Gasteiger charge is -2.26. The number of nitriles is 1. The minimum absolute atomic E-state index is 0.0339. The normalized spacial score (nSPS) is 20.2. The third-order valence-corrected chi connectivity index (χ3v) is 7.55. The van der Waals surface area contributed by atoms with E-state index in [1.807, 2.05) is 50.2 Å². The van der Waals surface area contributed by atoms with Crippen LogP contribution in [0.15, 0.2) is 40.9 Å². The average Bonchev–Trinajstić information content (AvgIpc) is 3.59. The van der Waals surface area contributed by atoms with Crippen LogP contribution >= 0.6 is 0 Å². The zero-order valence-corrected chi connectivity index (χ0v) is 25.3. The first-order valence-corrected chi connectivity index (χ1v) is 14.8. The van der Waals surface area contributed by atoms with Crippen LogP contribution in [0, 0.1) is 17.2 Å². The smallest absolute Gasteiger partial charge is 0.274 e. The van der Waals surface area contributed by atoms with E-state index in [1.54, 1.807) is 6.92 Å². The van der Waals surface area contributed by atoms with Crippen LogP contribution in [0.5, 0.6) is 0 Å². The van der Waals surface area contributed by atoms with Crippen molar-refractivity contribution in [1.29, 1.82) is 5.26 Å². The van der Waals surface area contributed by atoms with Gasteiger partial charge in [0.05, 0.1) is 44.9 Å². The number of hydrogen-bond donors (Lipinski definition) is 3. The molecule has 0 saturated carbocycles. The van der Waals surface area contributed by atoms with Crippen molar-refractivity contribution in [3.63, 3.8) is 0 Å². The minimum Gasteiger partial charge on any atom is -0.379 e. The highest BCUT2D eigenvalue weighted by atomic mass is 16.6. The van der Waals surface area contributed by atoms with Crippen LogP contribution in [0.3, 0.4) is 0 Å². The number of nitrogens with one attached hydrogen (secondary N) is 3. The Morgan fingerprint density at radius 3 is 2.32 bits per heavy atom. The molecule has 44 heavy (non-hydrogen) atoms. The number of aromatic nitrogens is 1. The lowest BCUT2D eigenvalue weighted by molar-refractivity contribution is -0.133. The maximum absolute atomic E-state index is 13.6. The molecule has 3 unspecified atom stereocenters. The molecule has 2 aliphatic rings. The van der Waals surface area contributed by atoms with Gasteiger partial charge >= 0.3 is 0 Å². The Balaban J connectivity index is 1.45. The maximum atomic E-state index is 13.6. The number of nitrogens with zero attached hydrogens (tertiary/aromatic N) is 3. The second-order valence-corrected chi connectivity index (χ2v) is 11.8. The lowest BCUT2D eigenvalue weighted by Crippen LogP contribution is -2.57. The predicted octanol–water partition coefficient (Wildman–Crippen LogP) is 1.14. The van der Waals surface area contributed by atoms with Crippen LogP contribution in [0.25, 0.3) is 0 Å². The van der Waals surface area contributed by atoms with Crippen LogP contribution in [-0.4, -0.2) is 90.2 Å². The van der Waals surface area contributed by atoms with E-state index in [0.717, 1.165) is 18.7 Å². The molecule has 4 atom stereocenters. The van der Waals surface area contributed by atoms with Gasteiger partial charge in [-0.2, -0.15) is 5.26 Å². The quantitative estimate of drug-likeness (QED) is 0.248. The molecule has 3 heterocycles. The van der Waals surface area contributed by atoms with E-state index < -0.39 is 41.4 Å². The Morgan fingerprint density at radius 2 is 1.68 bits per heavy atom. The fraction of sp³-hybridized carbons (Fsp3) is 0.548. The number of carbonyl (C=O) groups excluding carboxylic acids is 4. The molecule has 0 bridgehead atoms. The predicted molar refractivity (Wildman–Crippen MR) is 157 cm³/mol. The van der Waals surface area contributed by atoms with Gasteiger partial charge in [0.15, 0.2) is 17.2 Å². The second kappa shape index (κ2) is 15.1. The van der Waals surface area contributed by atoms with E-state index in [9.17, 15) is 24.4 Å². The Hall–Kier alpha value is -4.12. The van der Waals surface area contributed by atoms with Crippen LogP contribution in [0.2, 0.25) is 0 Å². The lowest BCUT2D eigenvalue weighted by atomic mass is 9.93. The van der Waals surface area contributed by atoms with Crippen molar-refractivity contribution in [2.24, 2.45) is 5.92 Å². The third-order valence-electron chi connectivity index (χ3n) is 7.55. The monoisotopic (exact) mass is 608 g/mol. The van der Waals surface area contributed by atoms with E-state index in [1.165, 1.54) is 6.07 Å². The molecule has 0 radical (unpaired) electrons. The Morgan fingerprint density at radius 1 is 1.02 bits per heavy atom. The summed E-state index contributed by atoms with van der Waals surface area (Å²) in [6.45, 7) is 8.99. The number of ketones is 1. The first-order chi connectivity index (χ1) is 21.1. The fourth-order valence-corrected chi connectivity index (χ4v) is 4.93. The van der Waals surface area contributed by atoms with Gasteiger partial charge in [-0.3, -0.25) is 24.1 Å². The summed E-state index contributed by atoms with van der Waals surface area (Å²) in [7, 11) is 0. The molecule has 0 spiro atoms. The Labute approximate surface area is 256 Å². The summed E-state index contributed by atoms with van der Waals surface area (Å²) in [5.74, 6) is -1.61. The third kappa shape index (κ3) is 9.19. The molecule has 0 aliphatic carbocycles. The van der Waals surface area contributed by atoms with E-state index in [-0.39, 0.29) is 36.8 Å². The molecule has 1 aromatic carbocycles. The highest BCUT2D eigenvalue weighted by Crippen LogP contribution is 2.29. The number of epoxide rings is 1. The number of morpholine rings is 1. The summed E-state index contributed by atoms with van der Waals surface area (Å²) in [6.07, 6.45) is 0.171. The number of carbonyl (C=O) groups is 4. The second-order valence-electron chi connectivity index (χ2n) is 11.8. The summed E-state index contributed by atoms with van der Waals surface area (Å²) >= 11 is 0. The zero-order chi connectivity index (χ0) is 31.7. The summed E-state index contributed by atoms with van der Waals surface area (Å²) in [5, 5.41) is 21.3. The van der Waals surface area contributed by atoms with Crippen LogP contribution in [0.4, 0.5) is 0 Å². The highest BCUT2D eigenvalue weighted by molar-refractivity contribution is 5.99. The molecule has 13 nitrogen and oxygen atoms in total. The molecular formula is C31H40N6O7. The van der Waals surface area contributed by atoms with E-state index in [2.05, 4.69) is 26.0 Å². The van der Waals surface area contributed by atoms with Crippen molar-refractivity contribution in [2.45, 2.75) is 70.3 Å². The van der Waals surface area contributed by atoms with E-state index >= 15 is 0 Å². The number of rotatable bonds is 15. The van der Waals surface area contributed by atoms with Gasteiger partial charge in [0.25, 0.3) is 5.91 Å². The first kappa shape index (κ1) is 32.8. The van der Waals surface area contributed by atoms with Gasteiger partial charge in [0.2, 0.25) is 11.8 Å². The molecule has 2 saturated heterocycles. The van der Waals surface area contributed by atoms with Crippen LogP contribution < -0.4 is 16.0 Å². The van der Waals surface area contributed by atoms with Gasteiger partial charge in [0, 0.05) is 25.6 Å². The van der Waals surface area contributed by atoms with Crippen molar-refractivity contribution in [3.8, 4) is 6.07 Å². The molecule has 2 aromatic rings. The number of benzene rings is 1. The van der Waals surface area contributed by atoms with Crippen molar-refractivity contribution in [2.75, 3.05) is 32.9 Å². The molecule has 1 aromatic heterocycles. The number of ether oxygens (including phenoxy) is 2. The van der Waals surface area contributed by atoms with Crippen LogP contribution in [-0.2, 0) is 36.8 Å². The van der Waals surface area contributed by atoms with Gasteiger partial charge in [-0.05, 0) is 24.8 Å². The molecule has 2 aliphatic heterocycles. The SMILES string of the molecule is CC(C)CC(NC(=O)[C@H](Cc1ccccc1)NC(=O)C(CC#N)NC(=O)c1cc(CN2CCOCC2)on1)C(=O)C1(C)CO1. The molecule has 3 amide bonds. The van der Waals surface area contributed by atoms with Gasteiger partial charge in [-0.25, -0.2) is 0 Å². The molecule has 3 N–H and O–H groups in total. The maximum Gasteiger partial charge on any atom is 0.274 e. The minimum atomic E-state index is -1.27. The van der Waals surface area contributed by atoms with Crippen molar-refractivity contribution in [3.05, 3.63) is 53.4 Å².